The van der Waals surface area contributed by atoms with E-state index in [2.05, 4.69) is 15.1 Å². The molecule has 1 amide bonds. The van der Waals surface area contributed by atoms with Crippen molar-refractivity contribution in [1.82, 2.24) is 9.78 Å². The van der Waals surface area contributed by atoms with Gasteiger partial charge >= 0.3 is 6.09 Å². The fourth-order valence-corrected chi connectivity index (χ4v) is 2.50. The number of aldehydes is 1. The molecule has 3 rings (SSSR count). The molecule has 1 atom stereocenters. The van der Waals surface area contributed by atoms with Crippen LogP contribution in [-0.4, -0.2) is 41.4 Å². The second-order valence-corrected chi connectivity index (χ2v) is 5.27. The number of nitrogens with zero attached hydrogens (tertiary/aromatic N) is 6. The lowest BCUT2D eigenvalue weighted by Gasteiger charge is -2.13. The molecule has 1 aliphatic rings. The van der Waals surface area contributed by atoms with Crippen LogP contribution in [-0.2, 0) is 11.8 Å². The van der Waals surface area contributed by atoms with E-state index in [-0.39, 0.29) is 6.54 Å². The van der Waals surface area contributed by atoms with Gasteiger partial charge in [-0.3, -0.25) is 14.4 Å². The topological polar surface area (TPSA) is 113 Å². The minimum atomic E-state index is -0.470. The number of amides is 1. The number of aryl methyl sites for hydroxylation is 1. The Morgan fingerprint density at radius 1 is 1.46 bits per heavy atom. The molecule has 1 aromatic heterocycles. The number of aromatic nitrogens is 2. The van der Waals surface area contributed by atoms with Crippen LogP contribution in [0.15, 0.2) is 35.4 Å². The molecule has 0 saturated carbocycles. The van der Waals surface area contributed by atoms with Crippen molar-refractivity contribution in [3.05, 3.63) is 46.5 Å². The number of hydrogen-bond acceptors (Lipinski definition) is 5. The highest BCUT2D eigenvalue weighted by Gasteiger charge is 2.31. The van der Waals surface area contributed by atoms with E-state index in [4.69, 9.17) is 10.3 Å². The van der Waals surface area contributed by atoms with Crippen LogP contribution < -0.4 is 4.90 Å². The van der Waals surface area contributed by atoms with Gasteiger partial charge in [0.25, 0.3) is 0 Å². The van der Waals surface area contributed by atoms with Crippen LogP contribution in [0.25, 0.3) is 21.7 Å². The maximum Gasteiger partial charge on any atom is 0.414 e. The van der Waals surface area contributed by atoms with Crippen LogP contribution in [0, 0.1) is 0 Å². The molecule has 122 valence electrons. The molecule has 1 aromatic carbocycles. The average molecular weight is 326 g/mol. The second-order valence-electron chi connectivity index (χ2n) is 5.27. The smallest absolute Gasteiger partial charge is 0.414 e. The summed E-state index contributed by atoms with van der Waals surface area (Å²) in [7, 11) is 1.70. The van der Waals surface area contributed by atoms with Crippen LogP contribution in [0.5, 0.6) is 0 Å². The Bertz CT molecular complexity index is 822. The number of rotatable bonds is 5. The van der Waals surface area contributed by atoms with Gasteiger partial charge in [-0.2, -0.15) is 5.10 Å². The summed E-state index contributed by atoms with van der Waals surface area (Å²) in [6.45, 7) is 0.440. The molecule has 0 radical (unpaired) electrons. The molecule has 0 N–H and O–H groups in total. The molecule has 9 nitrogen and oxygen atoms in total. The minimum absolute atomic E-state index is 0.110. The summed E-state index contributed by atoms with van der Waals surface area (Å²) in [6, 6.07) is 8.90. The molecule has 1 fully saturated rings. The third kappa shape index (κ3) is 2.92. The van der Waals surface area contributed by atoms with Gasteiger partial charge in [0.1, 0.15) is 11.8 Å². The highest BCUT2D eigenvalue weighted by Crippen LogP contribution is 2.26. The van der Waals surface area contributed by atoms with Crippen molar-refractivity contribution in [2.75, 3.05) is 18.0 Å². The molecule has 1 aliphatic heterocycles. The van der Waals surface area contributed by atoms with Crippen LogP contribution in [0.2, 0.25) is 0 Å². The Morgan fingerprint density at radius 2 is 2.21 bits per heavy atom. The first kappa shape index (κ1) is 15.6. The van der Waals surface area contributed by atoms with E-state index >= 15 is 0 Å². The van der Waals surface area contributed by atoms with Gasteiger partial charge in [0.05, 0.1) is 18.8 Å². The fraction of sp³-hybridized carbons (Fsp3) is 0.267. The van der Waals surface area contributed by atoms with E-state index < -0.39 is 12.2 Å². The first-order valence-electron chi connectivity index (χ1n) is 7.21. The van der Waals surface area contributed by atoms with Crippen LogP contribution in [0.3, 0.4) is 0 Å². The van der Waals surface area contributed by atoms with Crippen molar-refractivity contribution >= 4 is 18.1 Å². The summed E-state index contributed by atoms with van der Waals surface area (Å²) < 4.78 is 6.65. The van der Waals surface area contributed by atoms with Gasteiger partial charge in [-0.25, -0.2) is 4.79 Å². The highest BCUT2D eigenvalue weighted by molar-refractivity contribution is 5.90. The van der Waals surface area contributed by atoms with Crippen molar-refractivity contribution in [3.8, 4) is 11.3 Å². The largest absolute Gasteiger partial charge is 0.444 e. The SMILES string of the molecule is Cn1nc(-c2ccc(N3CC(CN=[N+]=[N-])OC3=O)cc2)cc1C=O. The Kier molecular flexibility index (Phi) is 4.17. The van der Waals surface area contributed by atoms with E-state index in [9.17, 15) is 9.59 Å². The second kappa shape index (κ2) is 6.43. The van der Waals surface area contributed by atoms with Crippen LogP contribution in [0.4, 0.5) is 10.5 Å². The van der Waals surface area contributed by atoms with Crippen LogP contribution >= 0.6 is 0 Å². The number of ether oxygens (including phenoxy) is 1. The molecule has 0 aliphatic carbocycles. The Morgan fingerprint density at radius 3 is 2.83 bits per heavy atom. The lowest BCUT2D eigenvalue weighted by molar-refractivity contribution is 0.111. The lowest BCUT2D eigenvalue weighted by Crippen LogP contribution is -2.24. The zero-order chi connectivity index (χ0) is 17.1. The normalized spacial score (nSPS) is 16.6. The number of hydrogen-bond donors (Lipinski definition) is 0. The average Bonchev–Trinajstić information content (AvgIpc) is 3.15. The number of carbonyl (C=O) groups is 2. The Labute approximate surface area is 137 Å². The standard InChI is InChI=1S/C15H14N6O3/c1-20-12(9-22)6-14(18-20)10-2-4-11(5-3-10)21-8-13(7-17-19-16)24-15(21)23/h2-6,9,13H,7-8H2,1H3. The molecule has 2 aromatic rings. The first-order chi connectivity index (χ1) is 11.6. The van der Waals surface area contributed by atoms with Gasteiger partial charge in [0.2, 0.25) is 0 Å². The fourth-order valence-electron chi connectivity index (χ4n) is 2.50. The molecular weight excluding hydrogens is 312 g/mol. The van der Waals surface area contributed by atoms with E-state index in [1.165, 1.54) is 9.58 Å². The minimum Gasteiger partial charge on any atom is -0.444 e. The number of benzene rings is 1. The van der Waals surface area contributed by atoms with Gasteiger partial charge in [-0.15, -0.1) is 0 Å². The zero-order valence-electron chi connectivity index (χ0n) is 12.9. The van der Waals surface area contributed by atoms with Crippen molar-refractivity contribution in [1.29, 1.82) is 0 Å². The zero-order valence-corrected chi connectivity index (χ0v) is 12.9. The maximum absolute atomic E-state index is 11.9. The maximum atomic E-state index is 11.9. The summed E-state index contributed by atoms with van der Waals surface area (Å²) in [5.74, 6) is 0. The molecule has 24 heavy (non-hydrogen) atoms. The third-order valence-electron chi connectivity index (χ3n) is 3.73. The molecule has 1 unspecified atom stereocenters. The molecule has 9 heteroatoms. The number of cyclic esters (lactones) is 1. The first-order valence-corrected chi connectivity index (χ1v) is 7.21. The van der Waals surface area contributed by atoms with Gasteiger partial charge in [-0.1, -0.05) is 17.2 Å². The van der Waals surface area contributed by atoms with Gasteiger partial charge in [-0.05, 0) is 23.7 Å². The van der Waals surface area contributed by atoms with Crippen molar-refractivity contribution in [3.63, 3.8) is 0 Å². The number of anilines is 1. The van der Waals surface area contributed by atoms with Gasteiger partial charge < -0.3 is 4.74 Å². The molecule has 0 spiro atoms. The van der Waals surface area contributed by atoms with Crippen LogP contribution in [0.1, 0.15) is 10.5 Å². The predicted molar refractivity (Wildman–Crippen MR) is 85.7 cm³/mol. The van der Waals surface area contributed by atoms with E-state index in [1.807, 2.05) is 12.1 Å². The summed E-state index contributed by atoms with van der Waals surface area (Å²) in [6.07, 6.45) is -0.171. The van der Waals surface area contributed by atoms with E-state index in [0.29, 0.717) is 23.6 Å². The molecule has 1 saturated heterocycles. The summed E-state index contributed by atoms with van der Waals surface area (Å²) in [5, 5.41) is 7.70. The third-order valence-corrected chi connectivity index (χ3v) is 3.73. The molecule has 2 heterocycles. The number of carbonyl (C=O) groups excluding carboxylic acids is 2. The summed E-state index contributed by atoms with van der Waals surface area (Å²) >= 11 is 0. The monoisotopic (exact) mass is 326 g/mol. The summed E-state index contributed by atoms with van der Waals surface area (Å²) in [4.78, 5) is 26.9. The molecular formula is C15H14N6O3. The quantitative estimate of drug-likeness (QED) is 0.363. The summed E-state index contributed by atoms with van der Waals surface area (Å²) in [5.41, 5.74) is 11.0. The highest BCUT2D eigenvalue weighted by atomic mass is 16.6. The van der Waals surface area contributed by atoms with E-state index in [0.717, 1.165) is 11.8 Å². The number of azide groups is 1. The predicted octanol–water partition coefficient (Wildman–Crippen LogP) is 2.54. The van der Waals surface area contributed by atoms with Crippen molar-refractivity contribution < 1.29 is 14.3 Å². The van der Waals surface area contributed by atoms with E-state index in [1.54, 1.807) is 25.2 Å². The van der Waals surface area contributed by atoms with Gasteiger partial charge in [0, 0.05) is 23.2 Å². The lowest BCUT2D eigenvalue weighted by atomic mass is 10.1. The Balaban J connectivity index is 1.78. The molecule has 0 bridgehead atoms. The van der Waals surface area contributed by atoms with Gasteiger partial charge in [0.15, 0.2) is 6.29 Å². The van der Waals surface area contributed by atoms with Crippen molar-refractivity contribution in [2.45, 2.75) is 6.10 Å². The van der Waals surface area contributed by atoms with Crippen molar-refractivity contribution in [2.24, 2.45) is 12.2 Å². The Hall–Kier alpha value is -3.32.